The molecule has 0 saturated heterocycles. The topological polar surface area (TPSA) is 42.4 Å². The van der Waals surface area contributed by atoms with Crippen LogP contribution in [0, 0.1) is 0 Å². The van der Waals surface area contributed by atoms with Crippen molar-refractivity contribution < 1.29 is 9.84 Å². The summed E-state index contributed by atoms with van der Waals surface area (Å²) in [6, 6.07) is 19.2. The Kier molecular flexibility index (Phi) is 3.59. The summed E-state index contributed by atoms with van der Waals surface area (Å²) in [5.41, 5.74) is 0.693. The molecule has 1 aromatic heterocycles. The van der Waals surface area contributed by atoms with Crippen LogP contribution in [-0.4, -0.2) is 16.7 Å². The molecule has 1 N–H and O–H groups in total. The first kappa shape index (κ1) is 13.6. The molecule has 0 spiro atoms. The van der Waals surface area contributed by atoms with Crippen molar-refractivity contribution in [2.45, 2.75) is 12.5 Å². The molecule has 3 heteroatoms. The summed E-state index contributed by atoms with van der Waals surface area (Å²) >= 11 is 0. The minimum atomic E-state index is -1.03. The van der Waals surface area contributed by atoms with Crippen LogP contribution in [0.2, 0.25) is 0 Å². The highest BCUT2D eigenvalue weighted by atomic mass is 16.5. The molecule has 3 rings (SSSR count). The van der Waals surface area contributed by atoms with E-state index in [0.29, 0.717) is 5.75 Å². The van der Waals surface area contributed by atoms with E-state index in [1.807, 2.05) is 60.7 Å². The number of aromatic nitrogens is 1. The molecule has 0 aliphatic heterocycles. The van der Waals surface area contributed by atoms with E-state index < -0.39 is 5.60 Å². The van der Waals surface area contributed by atoms with Crippen LogP contribution in [0.4, 0.5) is 0 Å². The fourth-order valence-electron chi connectivity index (χ4n) is 2.24. The van der Waals surface area contributed by atoms with E-state index in [9.17, 15) is 5.11 Å². The Labute approximate surface area is 123 Å². The number of ether oxygens (including phenoxy) is 1. The molecule has 0 fully saturated rings. The van der Waals surface area contributed by atoms with Gasteiger partial charge in [-0.25, -0.2) is 0 Å². The van der Waals surface area contributed by atoms with Gasteiger partial charge in [0, 0.05) is 17.6 Å². The van der Waals surface area contributed by atoms with E-state index in [4.69, 9.17) is 4.74 Å². The van der Waals surface area contributed by atoms with Crippen molar-refractivity contribution in [2.24, 2.45) is 0 Å². The fourth-order valence-corrected chi connectivity index (χ4v) is 2.24. The van der Waals surface area contributed by atoms with E-state index in [2.05, 4.69) is 4.98 Å². The Bertz CT molecular complexity index is 738. The third-order valence-corrected chi connectivity index (χ3v) is 3.49. The number of nitrogens with zero attached hydrogens (tertiary/aromatic N) is 1. The molecular formula is C18H17NO2. The Hall–Kier alpha value is -2.39. The van der Waals surface area contributed by atoms with Crippen molar-refractivity contribution in [3.8, 4) is 5.75 Å². The summed E-state index contributed by atoms with van der Waals surface area (Å²) in [5.74, 6) is 0.706. The first-order chi connectivity index (χ1) is 10.1. The van der Waals surface area contributed by atoms with Gasteiger partial charge in [-0.3, -0.25) is 4.98 Å². The van der Waals surface area contributed by atoms with Gasteiger partial charge in [-0.2, -0.15) is 0 Å². The van der Waals surface area contributed by atoms with Crippen molar-refractivity contribution in [2.75, 3.05) is 6.61 Å². The van der Waals surface area contributed by atoms with E-state index in [-0.39, 0.29) is 6.61 Å². The van der Waals surface area contributed by atoms with Crippen molar-refractivity contribution in [1.82, 2.24) is 4.98 Å². The van der Waals surface area contributed by atoms with Gasteiger partial charge in [0.25, 0.3) is 0 Å². The van der Waals surface area contributed by atoms with Gasteiger partial charge in [0.05, 0.1) is 5.52 Å². The minimum Gasteiger partial charge on any atom is -0.490 e. The third kappa shape index (κ3) is 3.03. The molecule has 106 valence electrons. The highest BCUT2D eigenvalue weighted by Crippen LogP contribution is 2.24. The highest BCUT2D eigenvalue weighted by Gasteiger charge is 2.23. The highest BCUT2D eigenvalue weighted by molar-refractivity contribution is 5.79. The largest absolute Gasteiger partial charge is 0.490 e. The van der Waals surface area contributed by atoms with E-state index in [1.54, 1.807) is 13.1 Å². The smallest absolute Gasteiger partial charge is 0.121 e. The summed E-state index contributed by atoms with van der Waals surface area (Å²) in [6.45, 7) is 1.94. The molecule has 0 amide bonds. The normalized spacial score (nSPS) is 13.8. The zero-order valence-electron chi connectivity index (χ0n) is 11.9. The molecule has 21 heavy (non-hydrogen) atoms. The van der Waals surface area contributed by atoms with Gasteiger partial charge < -0.3 is 9.84 Å². The van der Waals surface area contributed by atoms with Crippen molar-refractivity contribution in [3.63, 3.8) is 0 Å². The second-order valence-electron chi connectivity index (χ2n) is 5.29. The molecule has 0 saturated carbocycles. The van der Waals surface area contributed by atoms with Crippen molar-refractivity contribution in [3.05, 3.63) is 72.4 Å². The maximum absolute atomic E-state index is 10.5. The Morgan fingerprint density at radius 1 is 1.05 bits per heavy atom. The average Bonchev–Trinajstić information content (AvgIpc) is 2.54. The van der Waals surface area contributed by atoms with Crippen molar-refractivity contribution in [1.29, 1.82) is 0 Å². The molecule has 3 aromatic rings. The van der Waals surface area contributed by atoms with Crippen LogP contribution in [0.25, 0.3) is 10.9 Å². The lowest BCUT2D eigenvalue weighted by Crippen LogP contribution is -2.29. The number of benzene rings is 2. The van der Waals surface area contributed by atoms with E-state index >= 15 is 0 Å². The van der Waals surface area contributed by atoms with Crippen LogP contribution >= 0.6 is 0 Å². The predicted octanol–water partition coefficient (Wildman–Crippen LogP) is 3.52. The van der Waals surface area contributed by atoms with Crippen LogP contribution in [0.1, 0.15) is 12.5 Å². The lowest BCUT2D eigenvalue weighted by molar-refractivity contribution is 0.00764. The van der Waals surface area contributed by atoms with Crippen LogP contribution in [-0.2, 0) is 5.60 Å². The van der Waals surface area contributed by atoms with Crippen LogP contribution in [0.3, 0.4) is 0 Å². The Balaban J connectivity index is 1.77. The average molecular weight is 279 g/mol. The number of aliphatic hydroxyl groups is 1. The summed E-state index contributed by atoms with van der Waals surface area (Å²) in [5, 5.41) is 11.6. The lowest BCUT2D eigenvalue weighted by Gasteiger charge is -2.24. The zero-order valence-corrected chi connectivity index (χ0v) is 11.9. The molecule has 2 aromatic carbocycles. The molecule has 0 radical (unpaired) electrons. The second kappa shape index (κ2) is 5.54. The van der Waals surface area contributed by atoms with Gasteiger partial charge in [0.15, 0.2) is 0 Å². The SMILES string of the molecule is CC(O)(COc1ccc2cccnc2c1)c1ccccc1. The number of hydrogen-bond donors (Lipinski definition) is 1. The Morgan fingerprint density at radius 2 is 1.86 bits per heavy atom. The minimum absolute atomic E-state index is 0.190. The molecule has 1 atom stereocenters. The van der Waals surface area contributed by atoms with Gasteiger partial charge in [-0.15, -0.1) is 0 Å². The maximum Gasteiger partial charge on any atom is 0.121 e. The van der Waals surface area contributed by atoms with Crippen LogP contribution in [0.5, 0.6) is 5.75 Å². The zero-order chi connectivity index (χ0) is 14.7. The third-order valence-electron chi connectivity index (χ3n) is 3.49. The summed E-state index contributed by atoms with van der Waals surface area (Å²) in [6.07, 6.45) is 1.76. The summed E-state index contributed by atoms with van der Waals surface area (Å²) in [7, 11) is 0. The molecule has 1 heterocycles. The van der Waals surface area contributed by atoms with Gasteiger partial charge >= 0.3 is 0 Å². The molecule has 3 nitrogen and oxygen atoms in total. The van der Waals surface area contributed by atoms with Gasteiger partial charge in [-0.05, 0) is 30.7 Å². The predicted molar refractivity (Wildman–Crippen MR) is 83.3 cm³/mol. The van der Waals surface area contributed by atoms with Gasteiger partial charge in [0.1, 0.15) is 18.0 Å². The first-order valence-electron chi connectivity index (χ1n) is 6.91. The maximum atomic E-state index is 10.5. The van der Waals surface area contributed by atoms with Crippen LogP contribution in [0.15, 0.2) is 66.9 Å². The molecular weight excluding hydrogens is 262 g/mol. The molecule has 1 unspecified atom stereocenters. The van der Waals surface area contributed by atoms with Gasteiger partial charge in [-0.1, -0.05) is 36.4 Å². The standard InChI is InChI=1S/C18H17NO2/c1-18(20,15-7-3-2-4-8-15)13-21-16-10-9-14-6-5-11-19-17(14)12-16/h2-12,20H,13H2,1H3. The summed E-state index contributed by atoms with van der Waals surface area (Å²) < 4.78 is 5.74. The Morgan fingerprint density at radius 3 is 2.67 bits per heavy atom. The number of pyridine rings is 1. The lowest BCUT2D eigenvalue weighted by atomic mass is 9.97. The quantitative estimate of drug-likeness (QED) is 0.794. The molecule has 0 bridgehead atoms. The van der Waals surface area contributed by atoms with Crippen LogP contribution < -0.4 is 4.74 Å². The monoisotopic (exact) mass is 279 g/mol. The molecule has 0 aliphatic carbocycles. The second-order valence-corrected chi connectivity index (χ2v) is 5.29. The summed E-state index contributed by atoms with van der Waals surface area (Å²) in [4.78, 5) is 4.30. The van der Waals surface area contributed by atoms with E-state index in [0.717, 1.165) is 16.5 Å². The van der Waals surface area contributed by atoms with Gasteiger partial charge in [0.2, 0.25) is 0 Å². The first-order valence-corrected chi connectivity index (χ1v) is 6.91. The number of hydrogen-bond acceptors (Lipinski definition) is 3. The van der Waals surface area contributed by atoms with Crippen molar-refractivity contribution >= 4 is 10.9 Å². The fraction of sp³-hybridized carbons (Fsp3) is 0.167. The molecule has 0 aliphatic rings. The van der Waals surface area contributed by atoms with E-state index in [1.165, 1.54) is 0 Å². The number of rotatable bonds is 4. The number of fused-ring (bicyclic) bond motifs is 1.